The summed E-state index contributed by atoms with van der Waals surface area (Å²) in [6, 6.07) is 4.87. The van der Waals surface area contributed by atoms with Crippen LogP contribution >= 0.6 is 11.6 Å². The summed E-state index contributed by atoms with van der Waals surface area (Å²) in [4.78, 5) is 11.4. The maximum atomic E-state index is 11.4. The Morgan fingerprint density at radius 3 is 2.60 bits per heavy atom. The van der Waals surface area contributed by atoms with Gasteiger partial charge in [0.2, 0.25) is 0 Å². The Balaban J connectivity index is 2.87. The Kier molecular flexibility index (Phi) is 9.03. The Labute approximate surface area is 155 Å². The molecule has 0 aliphatic heterocycles. The van der Waals surface area contributed by atoms with E-state index in [0.717, 1.165) is 12.0 Å². The van der Waals surface area contributed by atoms with Crippen LogP contribution in [0, 0.1) is 5.41 Å². The fourth-order valence-electron chi connectivity index (χ4n) is 2.57. The SMILES string of the molecule is COCCCOc1cc(CC(NC(N)=O)C(C)(C)COC)ccc1Cl. The largest absolute Gasteiger partial charge is 0.492 e. The van der Waals surface area contributed by atoms with E-state index < -0.39 is 6.03 Å². The molecule has 1 aromatic rings. The first-order chi connectivity index (χ1) is 11.8. The second-order valence-electron chi connectivity index (χ2n) is 6.65. The zero-order chi connectivity index (χ0) is 18.9. The maximum absolute atomic E-state index is 11.4. The minimum atomic E-state index is -0.556. The van der Waals surface area contributed by atoms with Gasteiger partial charge in [0.15, 0.2) is 0 Å². The molecule has 0 aliphatic rings. The zero-order valence-corrected chi connectivity index (χ0v) is 16.2. The number of hydrogen-bond acceptors (Lipinski definition) is 4. The van der Waals surface area contributed by atoms with Crippen LogP contribution in [0.4, 0.5) is 4.79 Å². The Hall–Kier alpha value is -1.50. The monoisotopic (exact) mass is 372 g/mol. The summed E-state index contributed by atoms with van der Waals surface area (Å²) in [5.74, 6) is 0.623. The van der Waals surface area contributed by atoms with Crippen molar-refractivity contribution in [2.24, 2.45) is 11.1 Å². The average molecular weight is 373 g/mol. The van der Waals surface area contributed by atoms with Crippen molar-refractivity contribution in [1.29, 1.82) is 0 Å². The molecular formula is C18H29ClN2O4. The zero-order valence-electron chi connectivity index (χ0n) is 15.4. The van der Waals surface area contributed by atoms with Gasteiger partial charge in [0.1, 0.15) is 5.75 Å². The van der Waals surface area contributed by atoms with Crippen molar-refractivity contribution in [2.75, 3.05) is 34.0 Å². The van der Waals surface area contributed by atoms with E-state index >= 15 is 0 Å². The topological polar surface area (TPSA) is 82.8 Å². The smallest absolute Gasteiger partial charge is 0.312 e. The van der Waals surface area contributed by atoms with Crippen LogP contribution < -0.4 is 15.8 Å². The fourth-order valence-corrected chi connectivity index (χ4v) is 2.75. The molecule has 0 aliphatic carbocycles. The predicted molar refractivity (Wildman–Crippen MR) is 99.3 cm³/mol. The van der Waals surface area contributed by atoms with Crippen LogP contribution in [0.15, 0.2) is 18.2 Å². The summed E-state index contributed by atoms with van der Waals surface area (Å²) >= 11 is 6.20. The van der Waals surface area contributed by atoms with Gasteiger partial charge in [-0.3, -0.25) is 0 Å². The number of amides is 2. The van der Waals surface area contributed by atoms with Gasteiger partial charge in [-0.2, -0.15) is 0 Å². The number of halogens is 1. The van der Waals surface area contributed by atoms with Crippen LogP contribution in [-0.4, -0.2) is 46.1 Å². The number of primary amides is 1. The van der Waals surface area contributed by atoms with Crippen molar-refractivity contribution >= 4 is 17.6 Å². The molecule has 1 atom stereocenters. The van der Waals surface area contributed by atoms with E-state index in [1.54, 1.807) is 20.3 Å². The van der Waals surface area contributed by atoms with Crippen LogP contribution in [-0.2, 0) is 15.9 Å². The molecule has 1 rings (SSSR count). The molecular weight excluding hydrogens is 344 g/mol. The number of nitrogens with one attached hydrogen (secondary N) is 1. The van der Waals surface area contributed by atoms with Crippen LogP contribution in [0.2, 0.25) is 5.02 Å². The number of ether oxygens (including phenoxy) is 3. The third kappa shape index (κ3) is 7.50. The summed E-state index contributed by atoms with van der Waals surface area (Å²) in [6.07, 6.45) is 1.37. The minimum Gasteiger partial charge on any atom is -0.492 e. The Morgan fingerprint density at radius 2 is 2.00 bits per heavy atom. The maximum Gasteiger partial charge on any atom is 0.312 e. The van der Waals surface area contributed by atoms with Gasteiger partial charge >= 0.3 is 6.03 Å². The number of carbonyl (C=O) groups excluding carboxylic acids is 1. The van der Waals surface area contributed by atoms with Gasteiger partial charge in [0, 0.05) is 38.7 Å². The van der Waals surface area contributed by atoms with Crippen LogP contribution in [0.3, 0.4) is 0 Å². The van der Waals surface area contributed by atoms with E-state index in [-0.39, 0.29) is 11.5 Å². The first-order valence-corrected chi connectivity index (χ1v) is 8.63. The molecule has 0 saturated carbocycles. The molecule has 25 heavy (non-hydrogen) atoms. The lowest BCUT2D eigenvalue weighted by molar-refractivity contribution is 0.0774. The highest BCUT2D eigenvalue weighted by Gasteiger charge is 2.30. The molecule has 0 spiro atoms. The summed E-state index contributed by atoms with van der Waals surface area (Å²) in [7, 11) is 3.29. The van der Waals surface area contributed by atoms with Crippen molar-refractivity contribution in [1.82, 2.24) is 5.32 Å². The van der Waals surface area contributed by atoms with E-state index in [4.69, 9.17) is 31.5 Å². The number of hydrogen-bond donors (Lipinski definition) is 2. The van der Waals surface area contributed by atoms with Crippen molar-refractivity contribution in [3.63, 3.8) is 0 Å². The van der Waals surface area contributed by atoms with Gasteiger partial charge in [-0.15, -0.1) is 0 Å². The molecule has 0 fully saturated rings. The predicted octanol–water partition coefficient (Wildman–Crippen LogP) is 3.01. The first-order valence-electron chi connectivity index (χ1n) is 8.25. The van der Waals surface area contributed by atoms with Crippen molar-refractivity contribution in [3.8, 4) is 5.75 Å². The number of rotatable bonds is 11. The molecule has 0 radical (unpaired) electrons. The second kappa shape index (κ2) is 10.5. The number of carbonyl (C=O) groups is 1. The molecule has 0 bridgehead atoms. The molecule has 0 heterocycles. The van der Waals surface area contributed by atoms with Gasteiger partial charge in [0.05, 0.1) is 18.2 Å². The first kappa shape index (κ1) is 21.5. The second-order valence-corrected chi connectivity index (χ2v) is 7.05. The number of methoxy groups -OCH3 is 2. The molecule has 6 nitrogen and oxygen atoms in total. The van der Waals surface area contributed by atoms with Gasteiger partial charge < -0.3 is 25.3 Å². The number of nitrogens with two attached hydrogens (primary N) is 1. The van der Waals surface area contributed by atoms with E-state index in [0.29, 0.717) is 37.0 Å². The Bertz CT molecular complexity index is 552. The van der Waals surface area contributed by atoms with Crippen molar-refractivity contribution in [3.05, 3.63) is 28.8 Å². The quantitative estimate of drug-likeness (QED) is 0.585. The van der Waals surface area contributed by atoms with E-state index in [9.17, 15) is 4.79 Å². The molecule has 1 aromatic carbocycles. The third-order valence-corrected chi connectivity index (χ3v) is 4.27. The molecule has 7 heteroatoms. The number of urea groups is 1. The lowest BCUT2D eigenvalue weighted by Gasteiger charge is -2.34. The molecule has 0 saturated heterocycles. The minimum absolute atomic E-state index is 0.188. The fraction of sp³-hybridized carbons (Fsp3) is 0.611. The van der Waals surface area contributed by atoms with Crippen molar-refractivity contribution < 1.29 is 19.0 Å². The summed E-state index contributed by atoms with van der Waals surface area (Å²) in [5.41, 5.74) is 6.05. The number of benzene rings is 1. The van der Waals surface area contributed by atoms with Crippen LogP contribution in [0.1, 0.15) is 25.8 Å². The van der Waals surface area contributed by atoms with Gasteiger partial charge in [-0.25, -0.2) is 4.79 Å². The summed E-state index contributed by atoms with van der Waals surface area (Å²) in [5, 5.41) is 3.37. The van der Waals surface area contributed by atoms with E-state index in [1.807, 2.05) is 26.0 Å². The standard InChI is InChI=1S/C18H29ClN2O4/c1-18(2,12-24-4)16(21-17(20)22)11-13-6-7-14(19)15(10-13)25-9-5-8-23-3/h6-7,10,16H,5,8-9,11-12H2,1-4H3,(H3,20,21,22). The average Bonchev–Trinajstić information content (AvgIpc) is 2.53. The van der Waals surface area contributed by atoms with Crippen molar-refractivity contribution in [2.45, 2.75) is 32.7 Å². The Morgan fingerprint density at radius 1 is 1.28 bits per heavy atom. The van der Waals surface area contributed by atoms with Crippen LogP contribution in [0.25, 0.3) is 0 Å². The molecule has 3 N–H and O–H groups in total. The molecule has 2 amide bonds. The van der Waals surface area contributed by atoms with Gasteiger partial charge in [-0.1, -0.05) is 31.5 Å². The van der Waals surface area contributed by atoms with E-state index in [1.165, 1.54) is 0 Å². The van der Waals surface area contributed by atoms with Gasteiger partial charge in [-0.05, 0) is 24.1 Å². The molecule has 142 valence electrons. The van der Waals surface area contributed by atoms with Gasteiger partial charge in [0.25, 0.3) is 0 Å². The van der Waals surface area contributed by atoms with Crippen LogP contribution in [0.5, 0.6) is 5.75 Å². The lowest BCUT2D eigenvalue weighted by Crippen LogP contribution is -2.50. The molecule has 0 aromatic heterocycles. The summed E-state index contributed by atoms with van der Waals surface area (Å²) in [6.45, 7) is 5.69. The molecule has 1 unspecified atom stereocenters. The highest BCUT2D eigenvalue weighted by atomic mass is 35.5. The highest BCUT2D eigenvalue weighted by molar-refractivity contribution is 6.32. The van der Waals surface area contributed by atoms with E-state index in [2.05, 4.69) is 5.32 Å². The summed E-state index contributed by atoms with van der Waals surface area (Å²) < 4.78 is 16.0. The normalized spacial score (nSPS) is 12.7. The third-order valence-electron chi connectivity index (χ3n) is 3.96. The lowest BCUT2D eigenvalue weighted by atomic mass is 9.81. The highest BCUT2D eigenvalue weighted by Crippen LogP contribution is 2.29.